The molecule has 3 aromatic carbocycles. The summed E-state index contributed by atoms with van der Waals surface area (Å²) in [5.41, 5.74) is 11.4. The number of aryl methyl sites for hydroxylation is 2. The van der Waals surface area contributed by atoms with Crippen LogP contribution in [-0.2, 0) is 10.5 Å². The molecule has 0 aromatic heterocycles. The molecule has 226 valence electrons. The number of hydrogen-bond donors (Lipinski definition) is 1. The van der Waals surface area contributed by atoms with Gasteiger partial charge in [-0.1, -0.05) is 60.8 Å². The van der Waals surface area contributed by atoms with Crippen LogP contribution in [0.4, 0.5) is 11.4 Å². The molecule has 1 unspecified atom stereocenters. The molecule has 0 spiro atoms. The maximum Gasteiger partial charge on any atom is 0.271 e. The van der Waals surface area contributed by atoms with Crippen LogP contribution in [0.3, 0.4) is 0 Å². The van der Waals surface area contributed by atoms with Crippen molar-refractivity contribution in [3.63, 3.8) is 0 Å². The smallest absolute Gasteiger partial charge is 0.271 e. The predicted octanol–water partition coefficient (Wildman–Crippen LogP) is 9.41. The second-order valence-corrected chi connectivity index (χ2v) is 14.1. The van der Waals surface area contributed by atoms with Crippen molar-refractivity contribution in [2.24, 2.45) is 11.1 Å². The molecule has 2 aliphatic rings. The second-order valence-electron chi connectivity index (χ2n) is 11.9. The summed E-state index contributed by atoms with van der Waals surface area (Å²) in [5, 5.41) is 23.6. The van der Waals surface area contributed by atoms with Crippen molar-refractivity contribution < 1.29 is 9.72 Å². The number of halogens is 3. The number of allylic oxidation sites excluding steroid dienone is 3. The van der Waals surface area contributed by atoms with Gasteiger partial charge in [-0.25, -0.2) is 0 Å². The quantitative estimate of drug-likeness (QED) is 0.158. The van der Waals surface area contributed by atoms with Crippen molar-refractivity contribution >= 4 is 63.7 Å². The molecule has 0 radical (unpaired) electrons. The topological polar surface area (TPSA) is 113 Å². The zero-order chi connectivity index (χ0) is 32.1. The van der Waals surface area contributed by atoms with Crippen molar-refractivity contribution in [1.29, 1.82) is 5.26 Å². The first-order valence-corrected chi connectivity index (χ1v) is 15.9. The third-order valence-corrected chi connectivity index (χ3v) is 10.2. The number of Topliss-reactive ketones (excluding diaryl/α,β-unsaturated/α-hetero) is 1. The molecule has 3 aromatic rings. The highest BCUT2D eigenvalue weighted by molar-refractivity contribution is 7.98. The fourth-order valence-electron chi connectivity index (χ4n) is 6.01. The van der Waals surface area contributed by atoms with E-state index in [2.05, 4.69) is 12.1 Å². The van der Waals surface area contributed by atoms with Crippen molar-refractivity contribution in [2.75, 3.05) is 4.90 Å². The Morgan fingerprint density at radius 1 is 1.07 bits per heavy atom. The normalized spacial score (nSPS) is 17.9. The number of ketones is 1. The molecule has 0 bridgehead atoms. The van der Waals surface area contributed by atoms with Gasteiger partial charge in [-0.2, -0.15) is 5.26 Å². The van der Waals surface area contributed by atoms with Gasteiger partial charge in [-0.15, -0.1) is 11.8 Å². The molecule has 11 heteroatoms. The molecule has 0 saturated carbocycles. The third kappa shape index (κ3) is 5.94. The van der Waals surface area contributed by atoms with Gasteiger partial charge in [0.1, 0.15) is 5.82 Å². The number of rotatable bonds is 6. The highest BCUT2D eigenvalue weighted by atomic mass is 35.5. The van der Waals surface area contributed by atoms with Gasteiger partial charge in [0.15, 0.2) is 5.78 Å². The van der Waals surface area contributed by atoms with E-state index in [0.717, 1.165) is 27.1 Å². The van der Waals surface area contributed by atoms with E-state index in [1.807, 2.05) is 39.8 Å². The van der Waals surface area contributed by atoms with Gasteiger partial charge in [-0.3, -0.25) is 19.8 Å². The van der Waals surface area contributed by atoms with Crippen LogP contribution in [0.5, 0.6) is 0 Å². The molecule has 0 amide bonds. The van der Waals surface area contributed by atoms with E-state index in [-0.39, 0.29) is 40.0 Å². The van der Waals surface area contributed by atoms with Gasteiger partial charge in [-0.05, 0) is 72.2 Å². The minimum atomic E-state index is -0.716. The standard InChI is InChI=1S/C33H29Cl3N4O3S/c1-17-9-18(2)22(10-19(17)16-44-29-11-20(34)5-7-25(29)36)30-23(15-37)32(38)39(26-12-21(40(42)43)6-8-24(26)35)27-13-33(3,4)14-28(41)31(27)30/h5-12,30H,13-14,16,38H2,1-4H3. The van der Waals surface area contributed by atoms with Crippen molar-refractivity contribution in [3.05, 3.63) is 119 Å². The van der Waals surface area contributed by atoms with E-state index in [1.54, 1.807) is 28.8 Å². The fraction of sp³-hybridized carbons (Fsp3) is 0.273. The van der Waals surface area contributed by atoms with Gasteiger partial charge in [0.25, 0.3) is 5.69 Å². The van der Waals surface area contributed by atoms with Crippen molar-refractivity contribution in [3.8, 4) is 6.07 Å². The number of carbonyl (C=O) groups is 1. The summed E-state index contributed by atoms with van der Waals surface area (Å²) in [4.78, 5) is 27.6. The number of anilines is 1. The lowest BCUT2D eigenvalue weighted by Crippen LogP contribution is -2.42. The Labute approximate surface area is 275 Å². The summed E-state index contributed by atoms with van der Waals surface area (Å²) in [7, 11) is 0. The average molecular weight is 668 g/mol. The van der Waals surface area contributed by atoms with Crippen LogP contribution in [0, 0.1) is 40.7 Å². The van der Waals surface area contributed by atoms with E-state index < -0.39 is 16.3 Å². The number of non-ortho nitro benzene ring substituents is 1. The molecule has 1 atom stereocenters. The molecule has 2 N–H and O–H groups in total. The Hall–Kier alpha value is -3.48. The molecule has 1 heterocycles. The molecule has 0 fully saturated rings. The number of thioether (sulfide) groups is 1. The van der Waals surface area contributed by atoms with Crippen LogP contribution in [-0.4, -0.2) is 10.7 Å². The number of hydrogen-bond acceptors (Lipinski definition) is 7. The highest BCUT2D eigenvalue weighted by Gasteiger charge is 2.45. The average Bonchev–Trinajstić information content (AvgIpc) is 2.94. The van der Waals surface area contributed by atoms with E-state index in [4.69, 9.17) is 40.5 Å². The SMILES string of the molecule is Cc1cc(C)c(C2C(C#N)=C(N)N(c3cc([N+](=O)[O-])ccc3Cl)C3=C2C(=O)CC(C)(C)C3)cc1CSc1cc(Cl)ccc1Cl. The maximum atomic E-state index is 14.0. The summed E-state index contributed by atoms with van der Waals surface area (Å²) in [6.07, 6.45) is 0.724. The molecule has 5 rings (SSSR count). The molecule has 7 nitrogen and oxygen atoms in total. The highest BCUT2D eigenvalue weighted by Crippen LogP contribution is 2.52. The minimum absolute atomic E-state index is 0.0887. The zero-order valence-electron chi connectivity index (χ0n) is 24.5. The van der Waals surface area contributed by atoms with E-state index in [0.29, 0.717) is 33.5 Å². The predicted molar refractivity (Wildman–Crippen MR) is 177 cm³/mol. The number of nitro groups is 1. The Morgan fingerprint density at radius 3 is 2.45 bits per heavy atom. The first-order valence-electron chi connectivity index (χ1n) is 13.8. The first kappa shape index (κ1) is 31.9. The number of benzene rings is 3. The van der Waals surface area contributed by atoms with E-state index in [9.17, 15) is 20.2 Å². The summed E-state index contributed by atoms with van der Waals surface area (Å²) in [6.45, 7) is 7.96. The summed E-state index contributed by atoms with van der Waals surface area (Å²) in [5.74, 6) is -0.151. The fourth-order valence-corrected chi connectivity index (χ4v) is 7.77. The number of nitriles is 1. The van der Waals surface area contributed by atoms with Gasteiger partial charge in [0.2, 0.25) is 0 Å². The number of nitrogens with two attached hydrogens (primary N) is 1. The number of carbonyl (C=O) groups excluding carboxylic acids is 1. The van der Waals surface area contributed by atoms with Crippen LogP contribution in [0.1, 0.15) is 54.9 Å². The number of nitro benzene ring substituents is 1. The molecule has 44 heavy (non-hydrogen) atoms. The summed E-state index contributed by atoms with van der Waals surface area (Å²) < 4.78 is 0. The van der Waals surface area contributed by atoms with Gasteiger partial charge in [0, 0.05) is 45.5 Å². The van der Waals surface area contributed by atoms with Crippen LogP contribution in [0.2, 0.25) is 15.1 Å². The third-order valence-electron chi connectivity index (χ3n) is 8.07. The lowest BCUT2D eigenvalue weighted by molar-refractivity contribution is -0.384. The Bertz CT molecular complexity index is 1840. The summed E-state index contributed by atoms with van der Waals surface area (Å²) in [6, 6.07) is 15.8. The maximum absolute atomic E-state index is 14.0. The van der Waals surface area contributed by atoms with Gasteiger partial charge in [0.05, 0.1) is 38.2 Å². The van der Waals surface area contributed by atoms with Gasteiger partial charge >= 0.3 is 0 Å². The van der Waals surface area contributed by atoms with Crippen LogP contribution >= 0.6 is 46.6 Å². The summed E-state index contributed by atoms with van der Waals surface area (Å²) >= 11 is 20.8. The second kappa shape index (κ2) is 12.1. The van der Waals surface area contributed by atoms with Gasteiger partial charge < -0.3 is 5.73 Å². The molecule has 1 aliphatic carbocycles. The van der Waals surface area contributed by atoms with Crippen molar-refractivity contribution in [2.45, 2.75) is 57.1 Å². The van der Waals surface area contributed by atoms with Crippen LogP contribution in [0.25, 0.3) is 0 Å². The van der Waals surface area contributed by atoms with E-state index >= 15 is 0 Å². The first-order chi connectivity index (χ1) is 20.7. The monoisotopic (exact) mass is 666 g/mol. The van der Waals surface area contributed by atoms with Crippen molar-refractivity contribution in [1.82, 2.24) is 0 Å². The zero-order valence-corrected chi connectivity index (χ0v) is 27.6. The Balaban J connectivity index is 1.69. The lowest BCUT2D eigenvalue weighted by Gasteiger charge is -2.44. The molecule has 0 saturated heterocycles. The van der Waals surface area contributed by atoms with E-state index in [1.165, 1.54) is 18.2 Å². The number of nitrogens with zero attached hydrogens (tertiary/aromatic N) is 3. The minimum Gasteiger partial charge on any atom is -0.384 e. The Morgan fingerprint density at radius 2 is 1.77 bits per heavy atom. The van der Waals surface area contributed by atoms with Crippen LogP contribution < -0.4 is 10.6 Å². The lowest BCUT2D eigenvalue weighted by atomic mass is 9.68. The molecular formula is C33H29Cl3N4O3S. The van der Waals surface area contributed by atoms with Crippen LogP contribution in [0.15, 0.2) is 76.1 Å². The molecular weight excluding hydrogens is 639 g/mol. The Kier molecular flexibility index (Phi) is 8.80. The molecule has 1 aliphatic heterocycles. The largest absolute Gasteiger partial charge is 0.384 e.